The Bertz CT molecular complexity index is 1270. The van der Waals surface area contributed by atoms with Crippen molar-refractivity contribution in [3.8, 4) is 5.69 Å². The molecule has 12 heteroatoms. The van der Waals surface area contributed by atoms with Crippen LogP contribution < -0.4 is 10.6 Å². The average Bonchev–Trinajstić information content (AvgIpc) is 3.42. The van der Waals surface area contributed by atoms with Gasteiger partial charge in [-0.25, -0.2) is 4.68 Å². The highest BCUT2D eigenvalue weighted by Crippen LogP contribution is 2.30. The molecular weight excluding hydrogens is 432 g/mol. The molecule has 0 atom stereocenters. The second-order valence-corrected chi connectivity index (χ2v) is 6.98. The number of aromatic nitrogens is 2. The van der Waals surface area contributed by atoms with E-state index in [1.54, 1.807) is 47.4 Å². The van der Waals surface area contributed by atoms with Crippen molar-refractivity contribution in [2.24, 2.45) is 0 Å². The first-order chi connectivity index (χ1) is 15.8. The minimum absolute atomic E-state index is 0.140. The number of benzene rings is 2. The lowest BCUT2D eigenvalue weighted by atomic mass is 10.1. The van der Waals surface area contributed by atoms with Crippen LogP contribution in [0.15, 0.2) is 60.9 Å². The first-order valence-electron chi connectivity index (χ1n) is 9.65. The Morgan fingerprint density at radius 1 is 1.00 bits per heavy atom. The Labute approximate surface area is 185 Å². The van der Waals surface area contributed by atoms with Crippen LogP contribution in [0.5, 0.6) is 0 Å². The van der Waals surface area contributed by atoms with Crippen LogP contribution in [-0.4, -0.2) is 56.3 Å². The molecule has 0 bridgehead atoms. The largest absolute Gasteiger partial charge is 0.345 e. The molecule has 166 valence electrons. The van der Waals surface area contributed by atoms with E-state index in [1.165, 1.54) is 12.1 Å². The lowest BCUT2D eigenvalue weighted by Gasteiger charge is -2.13. The van der Waals surface area contributed by atoms with Crippen molar-refractivity contribution in [2.45, 2.75) is 0 Å². The lowest BCUT2D eigenvalue weighted by molar-refractivity contribution is -0.385. The molecule has 0 saturated carbocycles. The van der Waals surface area contributed by atoms with Crippen molar-refractivity contribution in [2.75, 3.05) is 18.4 Å². The fourth-order valence-electron chi connectivity index (χ4n) is 3.31. The predicted octanol–water partition coefficient (Wildman–Crippen LogP) is 1.13. The molecule has 3 aromatic rings. The Morgan fingerprint density at radius 2 is 1.76 bits per heavy atom. The van der Waals surface area contributed by atoms with E-state index in [0.717, 1.165) is 11.8 Å². The van der Waals surface area contributed by atoms with Crippen molar-refractivity contribution < 1.29 is 24.1 Å². The number of hydrogen-bond donors (Lipinski definition) is 2. The van der Waals surface area contributed by atoms with E-state index in [0.29, 0.717) is 10.6 Å². The monoisotopic (exact) mass is 448 g/mol. The number of amides is 4. The van der Waals surface area contributed by atoms with Crippen molar-refractivity contribution in [1.82, 2.24) is 20.0 Å². The van der Waals surface area contributed by atoms with Crippen LogP contribution >= 0.6 is 0 Å². The first-order valence-corrected chi connectivity index (χ1v) is 9.65. The summed E-state index contributed by atoms with van der Waals surface area (Å²) in [4.78, 5) is 60.3. The molecule has 0 aliphatic carbocycles. The van der Waals surface area contributed by atoms with E-state index < -0.39 is 47.3 Å². The molecule has 0 fully saturated rings. The Morgan fingerprint density at radius 3 is 2.42 bits per heavy atom. The van der Waals surface area contributed by atoms with Gasteiger partial charge in [-0.1, -0.05) is 6.07 Å². The summed E-state index contributed by atoms with van der Waals surface area (Å²) < 4.78 is 1.65. The summed E-state index contributed by atoms with van der Waals surface area (Å²) >= 11 is 0. The number of carbonyl (C=O) groups excluding carboxylic acids is 4. The molecule has 4 amide bonds. The third kappa shape index (κ3) is 4.30. The van der Waals surface area contributed by atoms with Gasteiger partial charge >= 0.3 is 0 Å². The third-order valence-electron chi connectivity index (χ3n) is 4.84. The highest BCUT2D eigenvalue weighted by atomic mass is 16.6. The maximum Gasteiger partial charge on any atom is 0.282 e. The molecule has 1 aliphatic heterocycles. The number of carbonyl (C=O) groups is 4. The minimum atomic E-state index is -0.931. The van der Waals surface area contributed by atoms with Gasteiger partial charge in [0.15, 0.2) is 0 Å². The van der Waals surface area contributed by atoms with Gasteiger partial charge in [-0.05, 0) is 36.4 Å². The normalized spacial score (nSPS) is 12.4. The zero-order valence-electron chi connectivity index (χ0n) is 16.9. The molecule has 4 rings (SSSR count). The van der Waals surface area contributed by atoms with Crippen LogP contribution in [0.4, 0.5) is 11.4 Å². The van der Waals surface area contributed by atoms with Gasteiger partial charge in [0, 0.05) is 24.1 Å². The average molecular weight is 448 g/mol. The second-order valence-electron chi connectivity index (χ2n) is 6.98. The van der Waals surface area contributed by atoms with E-state index in [2.05, 4.69) is 15.7 Å². The maximum absolute atomic E-state index is 12.5. The van der Waals surface area contributed by atoms with Crippen molar-refractivity contribution >= 4 is 35.0 Å². The molecule has 33 heavy (non-hydrogen) atoms. The summed E-state index contributed by atoms with van der Waals surface area (Å²) in [7, 11) is 0. The molecule has 12 nitrogen and oxygen atoms in total. The van der Waals surface area contributed by atoms with Gasteiger partial charge in [0.1, 0.15) is 12.1 Å². The van der Waals surface area contributed by atoms with Gasteiger partial charge in [0.25, 0.3) is 17.5 Å². The summed E-state index contributed by atoms with van der Waals surface area (Å²) in [5.41, 5.74) is 0.298. The predicted molar refractivity (Wildman–Crippen MR) is 114 cm³/mol. The zero-order chi connectivity index (χ0) is 23.5. The summed E-state index contributed by atoms with van der Waals surface area (Å²) in [6, 6.07) is 12.3. The number of rotatable bonds is 7. The SMILES string of the molecule is O=C(CN1C(=O)c2cccc([N+](=O)[O-])c2C1=O)NCC(=O)Nc1ccc(-n2cccn2)cc1. The van der Waals surface area contributed by atoms with Gasteiger partial charge in [-0.3, -0.25) is 34.2 Å². The van der Waals surface area contributed by atoms with Gasteiger partial charge in [-0.15, -0.1) is 0 Å². The second kappa shape index (κ2) is 8.70. The quantitative estimate of drug-likeness (QED) is 0.312. The van der Waals surface area contributed by atoms with E-state index in [9.17, 15) is 29.3 Å². The summed E-state index contributed by atoms with van der Waals surface area (Å²) in [6.07, 6.45) is 3.41. The fraction of sp³-hybridized carbons (Fsp3) is 0.0952. The van der Waals surface area contributed by atoms with Crippen molar-refractivity contribution in [3.05, 3.63) is 82.2 Å². The molecule has 1 aromatic heterocycles. The van der Waals surface area contributed by atoms with Crippen LogP contribution in [0.25, 0.3) is 5.69 Å². The topological polar surface area (TPSA) is 157 Å². The van der Waals surface area contributed by atoms with Crippen LogP contribution in [0.3, 0.4) is 0 Å². The number of nitro benzene ring substituents is 1. The standard InChI is InChI=1S/C21H16N6O6/c28-17(24-13-5-7-14(8-6-13)26-10-2-9-23-26)11-22-18(29)12-25-20(30)15-3-1-4-16(27(32)33)19(15)21(25)31/h1-10H,11-12H2,(H,22,29)(H,24,28). The maximum atomic E-state index is 12.5. The number of fused-ring (bicyclic) bond motifs is 1. The number of imide groups is 1. The fourth-order valence-corrected chi connectivity index (χ4v) is 3.31. The smallest absolute Gasteiger partial charge is 0.282 e. The first kappa shape index (κ1) is 21.4. The molecule has 2 aromatic carbocycles. The Hall–Kier alpha value is -4.87. The molecular formula is C21H16N6O6. The Kier molecular flexibility index (Phi) is 5.64. The van der Waals surface area contributed by atoms with E-state index in [1.807, 2.05) is 0 Å². The lowest BCUT2D eigenvalue weighted by Crippen LogP contribution is -2.42. The van der Waals surface area contributed by atoms with E-state index in [4.69, 9.17) is 0 Å². The van der Waals surface area contributed by atoms with Gasteiger partial charge in [0.2, 0.25) is 11.8 Å². The zero-order valence-corrected chi connectivity index (χ0v) is 16.9. The van der Waals surface area contributed by atoms with E-state index in [-0.39, 0.29) is 11.1 Å². The Balaban J connectivity index is 1.32. The molecule has 0 unspecified atom stereocenters. The van der Waals surface area contributed by atoms with Crippen LogP contribution in [0.1, 0.15) is 20.7 Å². The van der Waals surface area contributed by atoms with E-state index >= 15 is 0 Å². The van der Waals surface area contributed by atoms with Crippen LogP contribution in [0, 0.1) is 10.1 Å². The van der Waals surface area contributed by atoms with Crippen molar-refractivity contribution in [3.63, 3.8) is 0 Å². The highest BCUT2D eigenvalue weighted by Gasteiger charge is 2.41. The molecule has 1 aliphatic rings. The van der Waals surface area contributed by atoms with Crippen LogP contribution in [-0.2, 0) is 9.59 Å². The van der Waals surface area contributed by atoms with Gasteiger partial charge in [0.05, 0.1) is 22.7 Å². The van der Waals surface area contributed by atoms with Gasteiger partial charge < -0.3 is 10.6 Å². The number of nitro groups is 1. The summed E-state index contributed by atoms with van der Waals surface area (Å²) in [5.74, 6) is -3.03. The molecule has 0 radical (unpaired) electrons. The molecule has 0 spiro atoms. The third-order valence-corrected chi connectivity index (χ3v) is 4.84. The number of nitrogens with one attached hydrogen (secondary N) is 2. The summed E-state index contributed by atoms with van der Waals surface area (Å²) in [6.45, 7) is -1.07. The molecule has 0 saturated heterocycles. The van der Waals surface area contributed by atoms with Gasteiger partial charge in [-0.2, -0.15) is 5.10 Å². The molecule has 2 N–H and O–H groups in total. The molecule has 2 heterocycles. The minimum Gasteiger partial charge on any atom is -0.345 e. The highest BCUT2D eigenvalue weighted by molar-refractivity contribution is 6.24. The van der Waals surface area contributed by atoms with Crippen molar-refractivity contribution in [1.29, 1.82) is 0 Å². The number of nitrogens with zero attached hydrogens (tertiary/aromatic N) is 4. The number of hydrogen-bond acceptors (Lipinski definition) is 7. The van der Waals surface area contributed by atoms with Crippen LogP contribution in [0.2, 0.25) is 0 Å². The number of anilines is 1. The summed E-state index contributed by atoms with van der Waals surface area (Å²) in [5, 5.41) is 20.2.